The van der Waals surface area contributed by atoms with Crippen molar-refractivity contribution in [3.05, 3.63) is 71.3 Å². The number of hydrogen-bond acceptors (Lipinski definition) is 1. The molecule has 0 fully saturated rings. The Morgan fingerprint density at radius 2 is 1.35 bits per heavy atom. The van der Waals surface area contributed by atoms with E-state index < -0.39 is 17.3 Å². The molecule has 2 aromatic rings. The molecule has 2 aromatic carbocycles. The van der Waals surface area contributed by atoms with Gasteiger partial charge in [0.2, 0.25) is 0 Å². The summed E-state index contributed by atoms with van der Waals surface area (Å²) in [5.41, 5.74) is -2.10. The molecule has 0 heterocycles. The normalized spacial score (nSPS) is 14.8. The van der Waals surface area contributed by atoms with Gasteiger partial charge >= 0.3 is 6.18 Å². The summed E-state index contributed by atoms with van der Waals surface area (Å²) in [6.07, 6.45) is -4.33. The van der Waals surface area contributed by atoms with E-state index in [0.29, 0.717) is 5.56 Å². The molecule has 2 rings (SSSR count). The van der Waals surface area contributed by atoms with Crippen LogP contribution in [-0.4, -0.2) is 5.11 Å². The lowest BCUT2D eigenvalue weighted by Crippen LogP contribution is -2.29. The van der Waals surface area contributed by atoms with Gasteiger partial charge in [-0.2, -0.15) is 13.2 Å². The zero-order chi connectivity index (χ0) is 14.8. The Labute approximate surface area is 115 Å². The summed E-state index contributed by atoms with van der Waals surface area (Å²) >= 11 is 0. The quantitative estimate of drug-likeness (QED) is 0.886. The molecule has 0 radical (unpaired) electrons. The molecule has 0 aliphatic carbocycles. The smallest absolute Gasteiger partial charge is 0.380 e. The van der Waals surface area contributed by atoms with Crippen LogP contribution >= 0.6 is 0 Å². The molecule has 4 heteroatoms. The monoisotopic (exact) mass is 280 g/mol. The molecule has 1 unspecified atom stereocenters. The summed E-state index contributed by atoms with van der Waals surface area (Å²) in [5, 5.41) is 10.8. The van der Waals surface area contributed by atoms with Crippen LogP contribution in [0.1, 0.15) is 30.0 Å². The van der Waals surface area contributed by atoms with E-state index >= 15 is 0 Å². The van der Waals surface area contributed by atoms with Crippen molar-refractivity contribution in [3.8, 4) is 0 Å². The molecule has 1 atom stereocenters. The van der Waals surface area contributed by atoms with Crippen molar-refractivity contribution in [2.24, 2.45) is 0 Å². The van der Waals surface area contributed by atoms with Crippen molar-refractivity contribution in [2.75, 3.05) is 0 Å². The Bertz CT molecular complexity index is 578. The van der Waals surface area contributed by atoms with E-state index in [1.807, 2.05) is 0 Å². The fourth-order valence-corrected chi connectivity index (χ4v) is 2.35. The maximum atomic E-state index is 13.1. The molecule has 0 aliphatic rings. The van der Waals surface area contributed by atoms with Crippen LogP contribution < -0.4 is 0 Å². The largest absolute Gasteiger partial charge is 0.416 e. The molecule has 0 aliphatic heterocycles. The van der Waals surface area contributed by atoms with Crippen LogP contribution in [0.2, 0.25) is 0 Å². The van der Waals surface area contributed by atoms with E-state index in [0.717, 1.165) is 6.07 Å². The Kier molecular flexibility index (Phi) is 3.86. The summed E-state index contributed by atoms with van der Waals surface area (Å²) in [6, 6.07) is 13.6. The van der Waals surface area contributed by atoms with Crippen LogP contribution in [-0.2, 0) is 11.8 Å². The number of rotatable bonds is 3. The molecule has 1 N–H and O–H groups in total. The predicted octanol–water partition coefficient (Wildman–Crippen LogP) is 4.35. The third kappa shape index (κ3) is 2.56. The Morgan fingerprint density at radius 3 is 1.85 bits per heavy atom. The highest BCUT2D eigenvalue weighted by molar-refractivity contribution is 5.42. The first-order valence-electron chi connectivity index (χ1n) is 6.34. The van der Waals surface area contributed by atoms with Crippen molar-refractivity contribution >= 4 is 0 Å². The van der Waals surface area contributed by atoms with E-state index in [2.05, 4.69) is 0 Å². The average Bonchev–Trinajstić information content (AvgIpc) is 2.46. The van der Waals surface area contributed by atoms with Gasteiger partial charge < -0.3 is 5.11 Å². The Morgan fingerprint density at radius 1 is 0.850 bits per heavy atom. The van der Waals surface area contributed by atoms with Gasteiger partial charge in [0.05, 0.1) is 5.56 Å². The van der Waals surface area contributed by atoms with Gasteiger partial charge in [0.1, 0.15) is 5.60 Å². The lowest BCUT2D eigenvalue weighted by atomic mass is 9.81. The summed E-state index contributed by atoms with van der Waals surface area (Å²) < 4.78 is 39.4. The molecule has 0 aromatic heterocycles. The SMILES string of the molecule is CCC(O)(c1ccccc1)c1ccccc1C(F)(F)F. The van der Waals surface area contributed by atoms with Crippen molar-refractivity contribution in [2.45, 2.75) is 25.1 Å². The summed E-state index contributed by atoms with van der Waals surface area (Å²) in [5.74, 6) is 0. The third-order valence-corrected chi connectivity index (χ3v) is 3.44. The van der Waals surface area contributed by atoms with Crippen molar-refractivity contribution < 1.29 is 18.3 Å². The third-order valence-electron chi connectivity index (χ3n) is 3.44. The summed E-state index contributed by atoms with van der Waals surface area (Å²) in [7, 11) is 0. The van der Waals surface area contributed by atoms with Crippen molar-refractivity contribution in [1.82, 2.24) is 0 Å². The molecular formula is C16H15F3O. The number of halogens is 3. The van der Waals surface area contributed by atoms with Crippen LogP contribution in [0.25, 0.3) is 0 Å². The highest BCUT2D eigenvalue weighted by atomic mass is 19.4. The van der Waals surface area contributed by atoms with Crippen molar-refractivity contribution in [1.29, 1.82) is 0 Å². The molecule has 1 nitrogen and oxygen atoms in total. The number of hydrogen-bond donors (Lipinski definition) is 1. The number of alkyl halides is 3. The Balaban J connectivity index is 2.64. The van der Waals surface area contributed by atoms with Gasteiger partial charge in [0.15, 0.2) is 0 Å². The molecule has 0 saturated carbocycles. The van der Waals surface area contributed by atoms with E-state index in [-0.39, 0.29) is 12.0 Å². The molecule has 0 saturated heterocycles. The number of aliphatic hydroxyl groups is 1. The van der Waals surface area contributed by atoms with Gasteiger partial charge in [-0.05, 0) is 18.1 Å². The minimum Gasteiger partial charge on any atom is -0.380 e. The van der Waals surface area contributed by atoms with Gasteiger partial charge in [-0.25, -0.2) is 0 Å². The van der Waals surface area contributed by atoms with Crippen LogP contribution in [0, 0.1) is 0 Å². The van der Waals surface area contributed by atoms with Crippen LogP contribution in [0.5, 0.6) is 0 Å². The Hall–Kier alpha value is -1.81. The van der Waals surface area contributed by atoms with Gasteiger partial charge in [0.25, 0.3) is 0 Å². The van der Waals surface area contributed by atoms with E-state index in [1.165, 1.54) is 18.2 Å². The lowest BCUT2D eigenvalue weighted by molar-refractivity contribution is -0.140. The topological polar surface area (TPSA) is 20.2 Å². The van der Waals surface area contributed by atoms with E-state index in [4.69, 9.17) is 0 Å². The van der Waals surface area contributed by atoms with Crippen LogP contribution in [0.4, 0.5) is 13.2 Å². The maximum absolute atomic E-state index is 13.1. The van der Waals surface area contributed by atoms with Gasteiger partial charge in [-0.3, -0.25) is 0 Å². The highest BCUT2D eigenvalue weighted by Gasteiger charge is 2.40. The second-order valence-corrected chi connectivity index (χ2v) is 4.62. The lowest BCUT2D eigenvalue weighted by Gasteiger charge is -2.30. The molecule has 0 amide bonds. The first kappa shape index (κ1) is 14.6. The fraction of sp³-hybridized carbons (Fsp3) is 0.250. The minimum absolute atomic E-state index is 0.110. The van der Waals surface area contributed by atoms with E-state index in [9.17, 15) is 18.3 Å². The molecule has 0 spiro atoms. The fourth-order valence-electron chi connectivity index (χ4n) is 2.35. The zero-order valence-corrected chi connectivity index (χ0v) is 11.0. The number of benzene rings is 2. The first-order chi connectivity index (χ1) is 9.39. The molecule has 106 valence electrons. The highest BCUT2D eigenvalue weighted by Crippen LogP contribution is 2.41. The second kappa shape index (κ2) is 5.29. The molecular weight excluding hydrogens is 265 g/mol. The maximum Gasteiger partial charge on any atom is 0.416 e. The molecule has 0 bridgehead atoms. The second-order valence-electron chi connectivity index (χ2n) is 4.62. The average molecular weight is 280 g/mol. The van der Waals surface area contributed by atoms with Crippen LogP contribution in [0.15, 0.2) is 54.6 Å². The zero-order valence-electron chi connectivity index (χ0n) is 11.0. The summed E-state index contributed by atoms with van der Waals surface area (Å²) in [6.45, 7) is 1.67. The minimum atomic E-state index is -4.49. The summed E-state index contributed by atoms with van der Waals surface area (Å²) in [4.78, 5) is 0. The first-order valence-corrected chi connectivity index (χ1v) is 6.34. The van der Waals surface area contributed by atoms with Crippen LogP contribution in [0.3, 0.4) is 0 Å². The molecule has 20 heavy (non-hydrogen) atoms. The van der Waals surface area contributed by atoms with E-state index in [1.54, 1.807) is 37.3 Å². The predicted molar refractivity (Wildman–Crippen MR) is 71.2 cm³/mol. The van der Waals surface area contributed by atoms with Gasteiger partial charge in [-0.15, -0.1) is 0 Å². The van der Waals surface area contributed by atoms with Crippen molar-refractivity contribution in [3.63, 3.8) is 0 Å². The van der Waals surface area contributed by atoms with Gasteiger partial charge in [-0.1, -0.05) is 55.5 Å². The standard InChI is InChI=1S/C16H15F3O/c1-2-15(20,12-8-4-3-5-9-12)13-10-6-7-11-14(13)16(17,18)19/h3-11,20H,2H2,1H3. The van der Waals surface area contributed by atoms with Gasteiger partial charge in [0, 0.05) is 5.56 Å².